The number of anilines is 1. The van der Waals surface area contributed by atoms with E-state index in [4.69, 9.17) is 0 Å². The molecule has 2 unspecified atom stereocenters. The number of nitrogens with one attached hydrogen (secondary N) is 2. The highest BCUT2D eigenvalue weighted by atomic mass is 16.2. The summed E-state index contributed by atoms with van der Waals surface area (Å²) in [4.78, 5) is 75.1. The monoisotopic (exact) mass is 573 g/mol. The summed E-state index contributed by atoms with van der Waals surface area (Å²) in [7, 11) is 0. The third-order valence-electron chi connectivity index (χ3n) is 8.65. The molecule has 6 rings (SSSR count). The van der Waals surface area contributed by atoms with Gasteiger partial charge >= 0.3 is 0 Å². The number of aromatic nitrogens is 1. The molecular weight excluding hydrogens is 538 g/mol. The molecule has 5 amide bonds. The molecule has 5 heterocycles. The fourth-order valence-electron chi connectivity index (χ4n) is 6.42. The maximum absolute atomic E-state index is 13.1. The van der Waals surface area contributed by atoms with Crippen molar-refractivity contribution < 1.29 is 24.0 Å². The van der Waals surface area contributed by atoms with Crippen molar-refractivity contribution in [3.8, 4) is 0 Å². The number of amides is 5. The van der Waals surface area contributed by atoms with Crippen LogP contribution in [0.15, 0.2) is 42.6 Å². The molecule has 2 N–H and O–H groups in total. The third-order valence-corrected chi connectivity index (χ3v) is 8.65. The fourth-order valence-corrected chi connectivity index (χ4v) is 6.42. The molecule has 12 nitrogen and oxygen atoms in total. The number of hydrogen-bond acceptors (Lipinski definition) is 9. The first kappa shape index (κ1) is 28.0. The zero-order chi connectivity index (χ0) is 29.2. The maximum atomic E-state index is 13.1. The number of imide groups is 2. The number of carbonyl (C=O) groups excluding carboxylic acids is 5. The standard InChI is InChI=1S/C30H35N7O5/c38-26-9-8-24(28(40)33-26)37-29(41)22-7-6-20(16-23(22)30(37)42)17-32-27(39)19-34-11-3-4-21(18-34)35-12-14-36(15-13-35)25-5-1-2-10-31-25/h1-2,5-7,10,16,21,24H,3-4,8-9,11-15,17-19H2,(H,32,39)(H,33,38,40). The number of nitrogens with zero attached hydrogens (tertiary/aromatic N) is 5. The normalized spacial score (nSPS) is 23.6. The van der Waals surface area contributed by atoms with Crippen molar-refractivity contribution in [3.63, 3.8) is 0 Å². The van der Waals surface area contributed by atoms with Gasteiger partial charge in [-0.15, -0.1) is 0 Å². The van der Waals surface area contributed by atoms with E-state index in [1.807, 2.05) is 24.4 Å². The fraction of sp³-hybridized carbons (Fsp3) is 0.467. The summed E-state index contributed by atoms with van der Waals surface area (Å²) in [6.45, 7) is 6.08. The minimum Gasteiger partial charge on any atom is -0.354 e. The van der Waals surface area contributed by atoms with Crippen LogP contribution in [-0.4, -0.2) is 107 Å². The van der Waals surface area contributed by atoms with Crippen LogP contribution >= 0.6 is 0 Å². The molecule has 3 saturated heterocycles. The Bertz CT molecular complexity index is 1390. The topological polar surface area (TPSA) is 135 Å². The van der Waals surface area contributed by atoms with Crippen molar-refractivity contribution in [2.75, 3.05) is 50.7 Å². The second kappa shape index (κ2) is 12.0. The highest BCUT2D eigenvalue weighted by Gasteiger charge is 2.44. The molecule has 220 valence electrons. The average Bonchev–Trinajstić information content (AvgIpc) is 3.25. The van der Waals surface area contributed by atoms with Crippen LogP contribution in [0, 0.1) is 0 Å². The Morgan fingerprint density at radius 3 is 2.52 bits per heavy atom. The SMILES string of the molecule is O=C(CN1CCCC(N2CCN(c3ccccn3)CC2)C1)NCc1ccc2c(c1)C(=O)N(C1CCC(=O)NC1=O)C2=O. The molecule has 1 aromatic carbocycles. The van der Waals surface area contributed by atoms with E-state index in [1.54, 1.807) is 18.2 Å². The van der Waals surface area contributed by atoms with Crippen molar-refractivity contribution in [2.24, 2.45) is 0 Å². The smallest absolute Gasteiger partial charge is 0.262 e. The lowest BCUT2D eigenvalue weighted by Gasteiger charge is -2.43. The zero-order valence-electron chi connectivity index (χ0n) is 23.5. The molecule has 4 aliphatic heterocycles. The van der Waals surface area contributed by atoms with Crippen LogP contribution in [-0.2, 0) is 20.9 Å². The predicted molar refractivity (Wildman–Crippen MR) is 152 cm³/mol. The molecule has 0 saturated carbocycles. The molecule has 4 aliphatic rings. The van der Waals surface area contributed by atoms with E-state index in [0.29, 0.717) is 18.2 Å². The Morgan fingerprint density at radius 1 is 0.952 bits per heavy atom. The third kappa shape index (κ3) is 5.77. The predicted octanol–water partition coefficient (Wildman–Crippen LogP) is 0.386. The highest BCUT2D eigenvalue weighted by Crippen LogP contribution is 2.28. The Hall–Kier alpha value is -4.16. The number of likely N-dealkylation sites (tertiary alicyclic amines) is 1. The molecule has 12 heteroatoms. The number of benzene rings is 1. The molecule has 2 aromatic rings. The lowest BCUT2D eigenvalue weighted by molar-refractivity contribution is -0.136. The Balaban J connectivity index is 0.991. The number of piperazine rings is 1. The van der Waals surface area contributed by atoms with Crippen LogP contribution in [0.1, 0.15) is 52.0 Å². The Kier molecular flexibility index (Phi) is 7.98. The van der Waals surface area contributed by atoms with Crippen LogP contribution in [0.5, 0.6) is 0 Å². The van der Waals surface area contributed by atoms with E-state index in [2.05, 4.69) is 30.3 Å². The first-order valence-electron chi connectivity index (χ1n) is 14.6. The van der Waals surface area contributed by atoms with E-state index in [0.717, 1.165) is 62.8 Å². The molecule has 0 spiro atoms. The van der Waals surface area contributed by atoms with E-state index in [1.165, 1.54) is 0 Å². The number of fused-ring (bicyclic) bond motifs is 1. The van der Waals surface area contributed by atoms with Gasteiger partial charge in [-0.05, 0) is 55.6 Å². The van der Waals surface area contributed by atoms with Crippen LogP contribution in [0.3, 0.4) is 0 Å². The van der Waals surface area contributed by atoms with Gasteiger partial charge in [-0.25, -0.2) is 4.98 Å². The first-order valence-corrected chi connectivity index (χ1v) is 14.6. The van der Waals surface area contributed by atoms with Gasteiger partial charge in [0.15, 0.2) is 0 Å². The van der Waals surface area contributed by atoms with Crippen molar-refractivity contribution in [1.29, 1.82) is 0 Å². The quantitative estimate of drug-likeness (QED) is 0.451. The second-order valence-corrected chi connectivity index (χ2v) is 11.3. The summed E-state index contributed by atoms with van der Waals surface area (Å²) in [5.41, 5.74) is 1.12. The molecule has 1 aromatic heterocycles. The van der Waals surface area contributed by atoms with Gasteiger partial charge in [0.1, 0.15) is 11.9 Å². The van der Waals surface area contributed by atoms with Gasteiger partial charge in [0.25, 0.3) is 11.8 Å². The minimum atomic E-state index is -1.00. The molecule has 42 heavy (non-hydrogen) atoms. The number of hydrogen-bond donors (Lipinski definition) is 2. The summed E-state index contributed by atoms with van der Waals surface area (Å²) in [6.07, 6.45) is 4.18. The Morgan fingerprint density at radius 2 is 1.76 bits per heavy atom. The van der Waals surface area contributed by atoms with E-state index in [9.17, 15) is 24.0 Å². The molecule has 0 aliphatic carbocycles. The summed E-state index contributed by atoms with van der Waals surface area (Å²) >= 11 is 0. The van der Waals surface area contributed by atoms with Gasteiger partial charge < -0.3 is 10.2 Å². The highest BCUT2D eigenvalue weighted by molar-refractivity contribution is 6.23. The number of rotatable bonds is 7. The van der Waals surface area contributed by atoms with E-state index < -0.39 is 29.7 Å². The largest absolute Gasteiger partial charge is 0.354 e. The van der Waals surface area contributed by atoms with Gasteiger partial charge in [-0.1, -0.05) is 12.1 Å². The van der Waals surface area contributed by atoms with E-state index >= 15 is 0 Å². The van der Waals surface area contributed by atoms with Crippen LogP contribution in [0.25, 0.3) is 0 Å². The first-order chi connectivity index (χ1) is 20.4. The van der Waals surface area contributed by atoms with Crippen LogP contribution in [0.2, 0.25) is 0 Å². The zero-order valence-corrected chi connectivity index (χ0v) is 23.5. The summed E-state index contributed by atoms with van der Waals surface area (Å²) in [6, 6.07) is 10.3. The van der Waals surface area contributed by atoms with Gasteiger partial charge in [0.2, 0.25) is 17.7 Å². The average molecular weight is 574 g/mol. The second-order valence-electron chi connectivity index (χ2n) is 11.3. The Labute approximate surface area is 244 Å². The lowest BCUT2D eigenvalue weighted by Crippen LogP contribution is -2.56. The molecule has 3 fully saturated rings. The molecular formula is C30H35N7O5. The van der Waals surface area contributed by atoms with Gasteiger partial charge in [-0.3, -0.25) is 44.0 Å². The van der Waals surface area contributed by atoms with Crippen molar-refractivity contribution >= 4 is 35.4 Å². The maximum Gasteiger partial charge on any atom is 0.262 e. The van der Waals surface area contributed by atoms with Crippen molar-refractivity contribution in [3.05, 3.63) is 59.3 Å². The summed E-state index contributed by atoms with van der Waals surface area (Å²) < 4.78 is 0. The van der Waals surface area contributed by atoms with Gasteiger partial charge in [0, 0.05) is 57.9 Å². The van der Waals surface area contributed by atoms with Crippen LogP contribution in [0.4, 0.5) is 5.82 Å². The van der Waals surface area contributed by atoms with E-state index in [-0.39, 0.29) is 36.4 Å². The van der Waals surface area contributed by atoms with Gasteiger partial charge in [-0.2, -0.15) is 0 Å². The summed E-state index contributed by atoms with van der Waals surface area (Å²) in [5.74, 6) is -1.23. The molecule has 0 radical (unpaired) electrons. The summed E-state index contributed by atoms with van der Waals surface area (Å²) in [5, 5.41) is 5.15. The number of pyridine rings is 1. The van der Waals surface area contributed by atoms with Gasteiger partial charge in [0.05, 0.1) is 17.7 Å². The van der Waals surface area contributed by atoms with Crippen molar-refractivity contribution in [2.45, 2.75) is 44.3 Å². The van der Waals surface area contributed by atoms with Crippen molar-refractivity contribution in [1.82, 2.24) is 30.3 Å². The number of piperidine rings is 2. The minimum absolute atomic E-state index is 0.0709. The van der Waals surface area contributed by atoms with Crippen LogP contribution < -0.4 is 15.5 Å². The molecule has 0 bridgehead atoms. The molecule has 2 atom stereocenters. The number of carbonyl (C=O) groups is 5. The lowest BCUT2D eigenvalue weighted by atomic mass is 10.0.